The minimum absolute atomic E-state index is 0.0673. The van der Waals surface area contributed by atoms with Gasteiger partial charge < -0.3 is 13.9 Å². The number of ether oxygens (including phenoxy) is 2. The Labute approximate surface area is 166 Å². The predicted molar refractivity (Wildman–Crippen MR) is 104 cm³/mol. The number of rotatable bonds is 4. The number of esters is 1. The molecule has 29 heavy (non-hydrogen) atoms. The number of hydrogen-bond donors (Lipinski definition) is 0. The Bertz CT molecular complexity index is 1260. The molecule has 1 atom stereocenters. The maximum atomic E-state index is 13.4. The Kier molecular flexibility index (Phi) is 4.58. The van der Waals surface area contributed by atoms with Crippen LogP contribution in [-0.2, 0) is 26.1 Å². The van der Waals surface area contributed by atoms with Crippen molar-refractivity contribution in [1.82, 2.24) is 4.57 Å². The molecule has 3 aromatic rings. The molecule has 1 aliphatic heterocycles. The standard InChI is InChI=1S/C19H18N2O7S/c1-3-20-13-9-8-12(10-16(13)28-19(20)23)29(24,25)21-11-17(18(22)26-2)27-15-7-5-4-6-14(15)21/h4-10,17H,3,11H2,1-2H3/t17-/m0/s1. The van der Waals surface area contributed by atoms with Crippen molar-refractivity contribution in [3.63, 3.8) is 0 Å². The van der Waals surface area contributed by atoms with Crippen LogP contribution in [0.5, 0.6) is 5.75 Å². The van der Waals surface area contributed by atoms with Gasteiger partial charge in [-0.2, -0.15) is 0 Å². The van der Waals surface area contributed by atoms with E-state index in [0.29, 0.717) is 17.7 Å². The van der Waals surface area contributed by atoms with Crippen LogP contribution in [0.25, 0.3) is 11.1 Å². The van der Waals surface area contributed by atoms with E-state index >= 15 is 0 Å². The molecule has 4 rings (SSSR count). The summed E-state index contributed by atoms with van der Waals surface area (Å²) in [5, 5.41) is 0. The van der Waals surface area contributed by atoms with E-state index in [4.69, 9.17) is 13.9 Å². The average molecular weight is 418 g/mol. The zero-order valence-corrected chi connectivity index (χ0v) is 16.5. The first-order valence-electron chi connectivity index (χ1n) is 8.86. The van der Waals surface area contributed by atoms with E-state index in [-0.39, 0.29) is 22.8 Å². The van der Waals surface area contributed by atoms with Crippen LogP contribution in [0.1, 0.15) is 6.92 Å². The first-order valence-corrected chi connectivity index (χ1v) is 10.3. The summed E-state index contributed by atoms with van der Waals surface area (Å²) in [5.74, 6) is -0.983. The normalized spacial score (nSPS) is 16.3. The number of nitrogens with zero attached hydrogens (tertiary/aromatic N) is 2. The van der Waals surface area contributed by atoms with Crippen molar-refractivity contribution in [2.45, 2.75) is 24.5 Å². The molecule has 1 aromatic heterocycles. The van der Waals surface area contributed by atoms with E-state index in [9.17, 15) is 18.0 Å². The maximum absolute atomic E-state index is 13.4. The highest BCUT2D eigenvalue weighted by Gasteiger charge is 2.38. The van der Waals surface area contributed by atoms with Crippen molar-refractivity contribution in [2.75, 3.05) is 18.0 Å². The number of sulfonamides is 1. The third kappa shape index (κ3) is 3.05. The maximum Gasteiger partial charge on any atom is 0.419 e. The zero-order valence-electron chi connectivity index (χ0n) is 15.7. The van der Waals surface area contributed by atoms with Crippen LogP contribution in [-0.4, -0.2) is 38.7 Å². The second kappa shape index (κ2) is 6.96. The summed E-state index contributed by atoms with van der Waals surface area (Å²) in [6, 6.07) is 10.8. The predicted octanol–water partition coefficient (Wildman–Crippen LogP) is 1.74. The van der Waals surface area contributed by atoms with Crippen molar-refractivity contribution < 1.29 is 27.1 Å². The lowest BCUT2D eigenvalue weighted by molar-refractivity contribution is -0.148. The quantitative estimate of drug-likeness (QED) is 0.594. The first kappa shape index (κ1) is 19.1. The molecule has 9 nitrogen and oxygen atoms in total. The third-order valence-corrected chi connectivity index (χ3v) is 6.52. The van der Waals surface area contributed by atoms with Crippen molar-refractivity contribution >= 4 is 32.8 Å². The lowest BCUT2D eigenvalue weighted by Gasteiger charge is -2.34. The molecule has 0 radical (unpaired) electrons. The van der Waals surface area contributed by atoms with Crippen LogP contribution in [0.2, 0.25) is 0 Å². The van der Waals surface area contributed by atoms with Gasteiger partial charge in [0.15, 0.2) is 5.58 Å². The van der Waals surface area contributed by atoms with E-state index in [1.165, 1.54) is 29.9 Å². The van der Waals surface area contributed by atoms with Crippen LogP contribution in [0, 0.1) is 0 Å². The van der Waals surface area contributed by atoms with Gasteiger partial charge in [-0.3, -0.25) is 8.87 Å². The van der Waals surface area contributed by atoms with E-state index in [1.54, 1.807) is 31.2 Å². The topological polar surface area (TPSA) is 108 Å². The molecule has 152 valence electrons. The molecular formula is C19H18N2O7S. The number of oxazole rings is 1. The fourth-order valence-corrected chi connectivity index (χ4v) is 4.81. The second-order valence-corrected chi connectivity index (χ2v) is 8.24. The molecular weight excluding hydrogens is 400 g/mol. The number of benzene rings is 2. The second-order valence-electron chi connectivity index (χ2n) is 6.38. The third-order valence-electron chi connectivity index (χ3n) is 4.74. The van der Waals surface area contributed by atoms with Gasteiger partial charge in [0.05, 0.1) is 29.8 Å². The summed E-state index contributed by atoms with van der Waals surface area (Å²) in [5.41, 5.74) is 0.982. The summed E-state index contributed by atoms with van der Waals surface area (Å²) in [4.78, 5) is 23.9. The number of methoxy groups -OCH3 is 1. The average Bonchev–Trinajstić information content (AvgIpc) is 3.06. The Morgan fingerprint density at radius 1 is 1.24 bits per heavy atom. The summed E-state index contributed by atoms with van der Waals surface area (Å²) >= 11 is 0. The summed E-state index contributed by atoms with van der Waals surface area (Å²) in [7, 11) is -2.87. The minimum atomic E-state index is -4.08. The summed E-state index contributed by atoms with van der Waals surface area (Å²) < 4.78 is 44.8. The van der Waals surface area contributed by atoms with Crippen LogP contribution >= 0.6 is 0 Å². The van der Waals surface area contributed by atoms with Gasteiger partial charge in [-0.05, 0) is 31.2 Å². The molecule has 0 unspecified atom stereocenters. The Morgan fingerprint density at radius 3 is 2.72 bits per heavy atom. The smallest absolute Gasteiger partial charge is 0.419 e. The molecule has 0 saturated heterocycles. The van der Waals surface area contributed by atoms with Crippen molar-refractivity contribution in [3.8, 4) is 5.75 Å². The van der Waals surface area contributed by atoms with Gasteiger partial charge >= 0.3 is 11.7 Å². The van der Waals surface area contributed by atoms with Gasteiger partial charge in [-0.1, -0.05) is 12.1 Å². The van der Waals surface area contributed by atoms with Gasteiger partial charge in [-0.25, -0.2) is 18.0 Å². The molecule has 0 bridgehead atoms. The zero-order chi connectivity index (χ0) is 20.8. The van der Waals surface area contributed by atoms with E-state index in [0.717, 1.165) is 4.31 Å². The van der Waals surface area contributed by atoms with Crippen molar-refractivity contribution in [3.05, 3.63) is 53.0 Å². The van der Waals surface area contributed by atoms with Crippen molar-refractivity contribution in [2.24, 2.45) is 0 Å². The summed E-state index contributed by atoms with van der Waals surface area (Å²) in [6.45, 7) is 1.94. The number of para-hydroxylation sites is 2. The van der Waals surface area contributed by atoms with Crippen LogP contribution < -0.4 is 14.8 Å². The molecule has 0 aliphatic carbocycles. The molecule has 2 aromatic carbocycles. The van der Waals surface area contributed by atoms with Gasteiger partial charge in [0.25, 0.3) is 10.0 Å². The lowest BCUT2D eigenvalue weighted by atomic mass is 10.2. The molecule has 10 heteroatoms. The number of carbonyl (C=O) groups is 1. The number of fused-ring (bicyclic) bond motifs is 2. The van der Waals surface area contributed by atoms with Crippen LogP contribution in [0.3, 0.4) is 0 Å². The van der Waals surface area contributed by atoms with Crippen LogP contribution in [0.4, 0.5) is 5.69 Å². The Morgan fingerprint density at radius 2 is 2.00 bits per heavy atom. The van der Waals surface area contributed by atoms with Crippen molar-refractivity contribution in [1.29, 1.82) is 0 Å². The van der Waals surface area contributed by atoms with Gasteiger partial charge in [0.2, 0.25) is 6.10 Å². The lowest BCUT2D eigenvalue weighted by Crippen LogP contribution is -2.47. The minimum Gasteiger partial charge on any atom is -0.475 e. The molecule has 0 N–H and O–H groups in total. The van der Waals surface area contributed by atoms with E-state index in [1.807, 2.05) is 0 Å². The first-order chi connectivity index (χ1) is 13.9. The largest absolute Gasteiger partial charge is 0.475 e. The number of anilines is 1. The van der Waals surface area contributed by atoms with Gasteiger partial charge in [-0.15, -0.1) is 0 Å². The number of hydrogen-bond acceptors (Lipinski definition) is 7. The Balaban J connectivity index is 1.83. The highest BCUT2D eigenvalue weighted by atomic mass is 32.2. The molecule has 0 fully saturated rings. The van der Waals surface area contributed by atoms with E-state index in [2.05, 4.69) is 0 Å². The monoisotopic (exact) mass is 418 g/mol. The summed E-state index contributed by atoms with van der Waals surface area (Å²) in [6.07, 6.45) is -1.10. The highest BCUT2D eigenvalue weighted by molar-refractivity contribution is 7.92. The molecule has 0 saturated carbocycles. The molecule has 0 spiro atoms. The van der Waals surface area contributed by atoms with Crippen LogP contribution in [0.15, 0.2) is 56.6 Å². The molecule has 2 heterocycles. The number of carbonyl (C=O) groups excluding carboxylic acids is 1. The fourth-order valence-electron chi connectivity index (χ4n) is 3.32. The van der Waals surface area contributed by atoms with E-state index < -0.39 is 27.9 Å². The Hall–Kier alpha value is -3.27. The highest BCUT2D eigenvalue weighted by Crippen LogP contribution is 2.37. The number of aryl methyl sites for hydroxylation is 1. The van der Waals surface area contributed by atoms with Gasteiger partial charge in [0, 0.05) is 12.6 Å². The SMILES string of the molecule is CCn1c(=O)oc2cc(S(=O)(=O)N3C[C@@H](C(=O)OC)Oc4ccccc43)ccc21. The van der Waals surface area contributed by atoms with Gasteiger partial charge in [0.1, 0.15) is 5.75 Å². The molecule has 0 amide bonds. The number of aromatic nitrogens is 1. The fraction of sp³-hybridized carbons (Fsp3) is 0.263. The molecule has 1 aliphatic rings.